The Morgan fingerprint density at radius 2 is 2.08 bits per heavy atom. The van der Waals surface area contributed by atoms with Crippen LogP contribution in [-0.4, -0.2) is 57.0 Å². The molecule has 6 nitrogen and oxygen atoms in total. The minimum absolute atomic E-state index is 0.0488. The summed E-state index contributed by atoms with van der Waals surface area (Å²) in [6, 6.07) is 8.40. The van der Waals surface area contributed by atoms with E-state index in [1.807, 2.05) is 6.92 Å². The molecule has 0 aromatic heterocycles. The summed E-state index contributed by atoms with van der Waals surface area (Å²) in [6.07, 6.45) is 0.644. The first-order valence-electron chi connectivity index (χ1n) is 8.93. The third-order valence-electron chi connectivity index (χ3n) is 4.32. The molecular formula is C18H30N4O2S. The molecule has 2 N–H and O–H groups in total. The van der Waals surface area contributed by atoms with Gasteiger partial charge in [0.2, 0.25) is 0 Å². The van der Waals surface area contributed by atoms with Gasteiger partial charge in [-0.1, -0.05) is 31.2 Å². The van der Waals surface area contributed by atoms with Crippen molar-refractivity contribution in [2.24, 2.45) is 4.99 Å². The summed E-state index contributed by atoms with van der Waals surface area (Å²) < 4.78 is 23.2. The summed E-state index contributed by atoms with van der Waals surface area (Å²) in [5, 5.41) is 6.45. The molecule has 1 saturated heterocycles. The summed E-state index contributed by atoms with van der Waals surface area (Å²) in [7, 11) is -0.788. The van der Waals surface area contributed by atoms with E-state index in [1.54, 1.807) is 0 Å². The summed E-state index contributed by atoms with van der Waals surface area (Å²) in [4.78, 5) is 6.88. The van der Waals surface area contributed by atoms with E-state index in [9.17, 15) is 8.42 Å². The molecule has 2 rings (SSSR count). The van der Waals surface area contributed by atoms with Gasteiger partial charge in [-0.3, -0.25) is 0 Å². The summed E-state index contributed by atoms with van der Waals surface area (Å²) in [5.41, 5.74) is 2.43. The molecule has 140 valence electrons. The molecule has 1 unspecified atom stereocenters. The molecule has 1 fully saturated rings. The van der Waals surface area contributed by atoms with Crippen molar-refractivity contribution >= 4 is 15.8 Å². The number of hydrogen-bond acceptors (Lipinski definition) is 4. The highest BCUT2D eigenvalue weighted by Gasteiger charge is 2.28. The van der Waals surface area contributed by atoms with Crippen molar-refractivity contribution in [3.05, 3.63) is 35.4 Å². The van der Waals surface area contributed by atoms with Crippen molar-refractivity contribution in [1.82, 2.24) is 15.5 Å². The molecule has 1 atom stereocenters. The first-order valence-corrected chi connectivity index (χ1v) is 10.8. The molecule has 7 heteroatoms. The number of nitrogens with zero attached hydrogens (tertiary/aromatic N) is 2. The summed E-state index contributed by atoms with van der Waals surface area (Å²) >= 11 is 0. The molecule has 0 saturated carbocycles. The van der Waals surface area contributed by atoms with Crippen LogP contribution in [0.2, 0.25) is 0 Å². The van der Waals surface area contributed by atoms with E-state index in [1.165, 1.54) is 5.56 Å². The Morgan fingerprint density at radius 3 is 2.72 bits per heavy atom. The highest BCUT2D eigenvalue weighted by Crippen LogP contribution is 2.12. The number of rotatable bonds is 7. The first-order chi connectivity index (χ1) is 11.9. The molecular weight excluding hydrogens is 336 g/mol. The molecule has 25 heavy (non-hydrogen) atoms. The van der Waals surface area contributed by atoms with Gasteiger partial charge in [-0.05, 0) is 38.1 Å². The molecule has 0 radical (unpaired) electrons. The van der Waals surface area contributed by atoms with Gasteiger partial charge >= 0.3 is 0 Å². The molecule has 1 aromatic carbocycles. The van der Waals surface area contributed by atoms with Crippen molar-refractivity contribution in [2.75, 3.05) is 31.6 Å². The van der Waals surface area contributed by atoms with Crippen LogP contribution in [0.25, 0.3) is 0 Å². The van der Waals surface area contributed by atoms with Gasteiger partial charge in [0.05, 0.1) is 18.1 Å². The number of hydrogen-bond donors (Lipinski definition) is 2. The molecule has 0 amide bonds. The largest absolute Gasteiger partial charge is 0.357 e. The van der Waals surface area contributed by atoms with Crippen LogP contribution in [0.4, 0.5) is 0 Å². The molecule has 0 spiro atoms. The third kappa shape index (κ3) is 6.66. The number of guanidine groups is 1. The van der Waals surface area contributed by atoms with E-state index in [2.05, 4.69) is 58.8 Å². The maximum atomic E-state index is 11.6. The van der Waals surface area contributed by atoms with Gasteiger partial charge in [-0.15, -0.1) is 0 Å². The Balaban J connectivity index is 1.99. The van der Waals surface area contributed by atoms with E-state index < -0.39 is 9.84 Å². The standard InChI is InChI=1S/C18H30N4O2S/c1-4-19-18(21-17-9-10-25(23,24)14-17)20-12-15-7-6-8-16(11-15)13-22(3)5-2/h6-8,11,17H,4-5,9-10,12-14H2,1-3H3,(H2,19,20,21). The predicted molar refractivity (Wildman–Crippen MR) is 103 cm³/mol. The van der Waals surface area contributed by atoms with E-state index in [4.69, 9.17) is 0 Å². The number of aliphatic imine (C=N–C) groups is 1. The topological polar surface area (TPSA) is 73.8 Å². The minimum Gasteiger partial charge on any atom is -0.357 e. The first kappa shape index (κ1) is 19.7. The van der Waals surface area contributed by atoms with E-state index in [0.29, 0.717) is 18.9 Å². The van der Waals surface area contributed by atoms with Crippen molar-refractivity contribution in [1.29, 1.82) is 0 Å². The SMILES string of the molecule is CCNC(=NCc1cccc(CN(C)CC)c1)NC1CCS(=O)(=O)C1. The Hall–Kier alpha value is -1.60. The van der Waals surface area contributed by atoms with Crippen LogP contribution in [-0.2, 0) is 22.9 Å². The molecule has 1 heterocycles. The Labute approximate surface area is 151 Å². The lowest BCUT2D eigenvalue weighted by molar-refractivity contribution is 0.345. The van der Waals surface area contributed by atoms with Crippen molar-refractivity contribution < 1.29 is 8.42 Å². The second-order valence-corrected chi connectivity index (χ2v) is 8.82. The van der Waals surface area contributed by atoms with Gasteiger partial charge < -0.3 is 15.5 Å². The Morgan fingerprint density at radius 1 is 1.32 bits per heavy atom. The van der Waals surface area contributed by atoms with Gasteiger partial charge in [0, 0.05) is 19.1 Å². The fourth-order valence-corrected chi connectivity index (χ4v) is 4.52. The van der Waals surface area contributed by atoms with Crippen LogP contribution in [0.3, 0.4) is 0 Å². The van der Waals surface area contributed by atoms with Crippen molar-refractivity contribution in [3.8, 4) is 0 Å². The fourth-order valence-electron chi connectivity index (χ4n) is 2.84. The second-order valence-electron chi connectivity index (χ2n) is 6.59. The lowest BCUT2D eigenvalue weighted by Crippen LogP contribution is -2.44. The Kier molecular flexibility index (Phi) is 7.25. The quantitative estimate of drug-likeness (QED) is 0.563. The fraction of sp³-hybridized carbons (Fsp3) is 0.611. The van der Waals surface area contributed by atoms with Crippen LogP contribution in [0.15, 0.2) is 29.3 Å². The average Bonchev–Trinajstić information content (AvgIpc) is 2.91. The van der Waals surface area contributed by atoms with E-state index >= 15 is 0 Å². The van der Waals surface area contributed by atoms with Gasteiger partial charge in [-0.2, -0.15) is 0 Å². The van der Waals surface area contributed by atoms with E-state index in [-0.39, 0.29) is 17.5 Å². The Bertz CT molecular complexity index is 688. The molecule has 1 aliphatic heterocycles. The van der Waals surface area contributed by atoms with Crippen molar-refractivity contribution in [2.45, 2.75) is 39.4 Å². The zero-order chi connectivity index (χ0) is 18.3. The summed E-state index contributed by atoms with van der Waals surface area (Å²) in [5.74, 6) is 1.13. The van der Waals surface area contributed by atoms with Gasteiger partial charge in [-0.25, -0.2) is 13.4 Å². The lowest BCUT2D eigenvalue weighted by atomic mass is 10.1. The normalized spacial score (nSPS) is 20.0. The minimum atomic E-state index is -2.89. The van der Waals surface area contributed by atoms with Gasteiger partial charge in [0.25, 0.3) is 0 Å². The third-order valence-corrected chi connectivity index (χ3v) is 6.09. The van der Waals surface area contributed by atoms with Crippen LogP contribution in [0, 0.1) is 0 Å². The monoisotopic (exact) mass is 366 g/mol. The number of nitrogens with one attached hydrogen (secondary N) is 2. The zero-order valence-electron chi connectivity index (χ0n) is 15.5. The highest BCUT2D eigenvalue weighted by molar-refractivity contribution is 7.91. The van der Waals surface area contributed by atoms with Crippen LogP contribution >= 0.6 is 0 Å². The second kappa shape index (κ2) is 9.20. The molecule has 0 aliphatic carbocycles. The maximum Gasteiger partial charge on any atom is 0.191 e. The highest BCUT2D eigenvalue weighted by atomic mass is 32.2. The molecule has 1 aromatic rings. The van der Waals surface area contributed by atoms with Crippen LogP contribution < -0.4 is 10.6 Å². The van der Waals surface area contributed by atoms with Crippen molar-refractivity contribution in [3.63, 3.8) is 0 Å². The lowest BCUT2D eigenvalue weighted by Gasteiger charge is -2.16. The maximum absolute atomic E-state index is 11.6. The van der Waals surface area contributed by atoms with Gasteiger partial charge in [0.1, 0.15) is 0 Å². The summed E-state index contributed by atoms with van der Waals surface area (Å²) in [6.45, 7) is 7.40. The molecule has 1 aliphatic rings. The smallest absolute Gasteiger partial charge is 0.191 e. The van der Waals surface area contributed by atoms with Gasteiger partial charge in [0.15, 0.2) is 15.8 Å². The average molecular weight is 367 g/mol. The van der Waals surface area contributed by atoms with Crippen LogP contribution in [0.1, 0.15) is 31.4 Å². The van der Waals surface area contributed by atoms with Crippen LogP contribution in [0.5, 0.6) is 0 Å². The number of benzene rings is 1. The zero-order valence-corrected chi connectivity index (χ0v) is 16.3. The number of sulfone groups is 1. The predicted octanol–water partition coefficient (Wildman–Crippen LogP) is 1.38. The van der Waals surface area contributed by atoms with E-state index in [0.717, 1.165) is 25.2 Å². The molecule has 0 bridgehead atoms.